The van der Waals surface area contributed by atoms with Gasteiger partial charge >= 0.3 is 12.1 Å². The number of hydrogen-bond donors (Lipinski definition) is 1. The Hall–Kier alpha value is -2.71. The fraction of sp³-hybridized carbons (Fsp3) is 0.375. The molecule has 0 saturated heterocycles. The quantitative estimate of drug-likeness (QED) is 0.856. The third kappa shape index (κ3) is 3.13. The normalized spacial score (nSPS) is 19.7. The van der Waals surface area contributed by atoms with Crippen molar-refractivity contribution in [1.29, 1.82) is 0 Å². The minimum atomic E-state index is -4.50. The summed E-state index contributed by atoms with van der Waals surface area (Å²) >= 11 is 0. The van der Waals surface area contributed by atoms with Gasteiger partial charge in [-0.2, -0.15) is 18.3 Å². The van der Waals surface area contributed by atoms with Gasteiger partial charge in [-0.05, 0) is 17.7 Å². The molecule has 1 aliphatic heterocycles. The molecule has 6 nitrogen and oxygen atoms in total. The summed E-state index contributed by atoms with van der Waals surface area (Å²) in [7, 11) is 2.67. The molecule has 1 N–H and O–H groups in total. The van der Waals surface area contributed by atoms with Crippen molar-refractivity contribution < 1.29 is 27.4 Å². The first kappa shape index (κ1) is 17.1. The maximum atomic E-state index is 13.5. The van der Waals surface area contributed by atoms with Crippen LogP contribution in [-0.4, -0.2) is 36.1 Å². The number of carbonyl (C=O) groups excluding carboxylic acids is 1. The average molecular weight is 355 g/mol. The number of fused-ring (bicyclic) bond motifs is 1. The zero-order valence-electron chi connectivity index (χ0n) is 13.5. The van der Waals surface area contributed by atoms with Gasteiger partial charge in [-0.25, -0.2) is 9.48 Å². The van der Waals surface area contributed by atoms with Crippen molar-refractivity contribution in [3.8, 4) is 5.75 Å². The van der Waals surface area contributed by atoms with Crippen molar-refractivity contribution in [2.75, 3.05) is 19.5 Å². The van der Waals surface area contributed by atoms with E-state index in [1.165, 1.54) is 7.11 Å². The number of alkyl halides is 3. The summed E-state index contributed by atoms with van der Waals surface area (Å²) < 4.78 is 51.0. The van der Waals surface area contributed by atoms with E-state index in [9.17, 15) is 18.0 Å². The van der Waals surface area contributed by atoms with Gasteiger partial charge in [-0.3, -0.25) is 0 Å². The number of carbonyl (C=O) groups is 1. The van der Waals surface area contributed by atoms with Gasteiger partial charge in [0.15, 0.2) is 6.04 Å². The number of methoxy groups -OCH3 is 2. The highest BCUT2D eigenvalue weighted by Gasteiger charge is 2.47. The summed E-state index contributed by atoms with van der Waals surface area (Å²) in [6.45, 7) is 0. The standard InChI is InChI=1S/C16H16F3N3O3/c1-24-10-5-3-9(4-6-10)12-7-13(16(17,18)19)22-14(21-12)11(8-20-22)15(23)25-2/h3-6,8,12-13,21H,7H2,1-2H3/t12-,13-/m0/s1. The number of benzene rings is 1. The maximum absolute atomic E-state index is 13.5. The predicted octanol–water partition coefficient (Wildman–Crippen LogP) is 3.34. The average Bonchev–Trinajstić information content (AvgIpc) is 3.03. The Morgan fingerprint density at radius 1 is 1.28 bits per heavy atom. The minimum absolute atomic E-state index is 0.00115. The summed E-state index contributed by atoms with van der Waals surface area (Å²) in [6.07, 6.45) is -3.66. The van der Waals surface area contributed by atoms with Crippen LogP contribution in [0.5, 0.6) is 5.75 Å². The molecule has 9 heteroatoms. The first-order valence-corrected chi connectivity index (χ1v) is 7.48. The van der Waals surface area contributed by atoms with E-state index in [-0.39, 0.29) is 17.8 Å². The molecule has 0 saturated carbocycles. The monoisotopic (exact) mass is 355 g/mol. The molecule has 0 radical (unpaired) electrons. The van der Waals surface area contributed by atoms with Crippen LogP contribution in [0.15, 0.2) is 30.5 Å². The molecular weight excluding hydrogens is 339 g/mol. The second-order valence-electron chi connectivity index (χ2n) is 5.61. The molecule has 0 spiro atoms. The van der Waals surface area contributed by atoms with E-state index in [0.717, 1.165) is 18.0 Å². The molecular formula is C16H16F3N3O3. The fourth-order valence-electron chi connectivity index (χ4n) is 2.88. The highest BCUT2D eigenvalue weighted by atomic mass is 19.4. The van der Waals surface area contributed by atoms with Crippen molar-refractivity contribution in [2.24, 2.45) is 0 Å². The summed E-state index contributed by atoms with van der Waals surface area (Å²) in [4.78, 5) is 11.8. The van der Waals surface area contributed by atoms with Gasteiger partial charge in [-0.1, -0.05) is 12.1 Å². The van der Waals surface area contributed by atoms with Gasteiger partial charge in [0.2, 0.25) is 0 Å². The van der Waals surface area contributed by atoms with Crippen molar-refractivity contribution in [1.82, 2.24) is 9.78 Å². The first-order chi connectivity index (χ1) is 11.8. The van der Waals surface area contributed by atoms with Gasteiger partial charge in [0.1, 0.15) is 17.1 Å². The Morgan fingerprint density at radius 2 is 1.96 bits per heavy atom. The van der Waals surface area contributed by atoms with Crippen LogP contribution in [0, 0.1) is 0 Å². The van der Waals surface area contributed by atoms with Gasteiger partial charge in [0, 0.05) is 6.42 Å². The van der Waals surface area contributed by atoms with Crippen LogP contribution in [0.2, 0.25) is 0 Å². The predicted molar refractivity (Wildman–Crippen MR) is 82.6 cm³/mol. The molecule has 25 heavy (non-hydrogen) atoms. The van der Waals surface area contributed by atoms with E-state index < -0.39 is 24.2 Å². The highest BCUT2D eigenvalue weighted by molar-refractivity contribution is 5.94. The number of hydrogen-bond acceptors (Lipinski definition) is 5. The van der Waals surface area contributed by atoms with Crippen LogP contribution in [-0.2, 0) is 4.74 Å². The van der Waals surface area contributed by atoms with Crippen LogP contribution >= 0.6 is 0 Å². The number of anilines is 1. The fourth-order valence-corrected chi connectivity index (χ4v) is 2.88. The first-order valence-electron chi connectivity index (χ1n) is 7.48. The molecule has 0 bridgehead atoms. The molecule has 0 unspecified atom stereocenters. The Labute approximate surface area is 141 Å². The molecule has 0 fully saturated rings. The lowest BCUT2D eigenvalue weighted by molar-refractivity contribution is -0.173. The number of rotatable bonds is 3. The molecule has 1 aromatic heterocycles. The van der Waals surface area contributed by atoms with E-state index in [2.05, 4.69) is 15.2 Å². The van der Waals surface area contributed by atoms with Crippen molar-refractivity contribution in [3.63, 3.8) is 0 Å². The van der Waals surface area contributed by atoms with Crippen molar-refractivity contribution in [3.05, 3.63) is 41.6 Å². The van der Waals surface area contributed by atoms with E-state index in [1.54, 1.807) is 24.3 Å². The zero-order valence-corrected chi connectivity index (χ0v) is 13.5. The summed E-state index contributed by atoms with van der Waals surface area (Å²) in [5.41, 5.74) is 0.619. The van der Waals surface area contributed by atoms with Gasteiger partial charge in [0.25, 0.3) is 0 Å². The number of aromatic nitrogens is 2. The summed E-state index contributed by atoms with van der Waals surface area (Å²) in [5, 5.41) is 6.72. The van der Waals surface area contributed by atoms with Gasteiger partial charge < -0.3 is 14.8 Å². The molecule has 1 aromatic carbocycles. The topological polar surface area (TPSA) is 65.4 Å². The Bertz CT molecular complexity index is 771. The molecule has 2 aromatic rings. The maximum Gasteiger partial charge on any atom is 0.410 e. The molecule has 2 atom stereocenters. The third-order valence-electron chi connectivity index (χ3n) is 4.16. The second kappa shape index (κ2) is 6.30. The van der Waals surface area contributed by atoms with Gasteiger partial charge in [0.05, 0.1) is 26.5 Å². The van der Waals surface area contributed by atoms with E-state index in [4.69, 9.17) is 4.74 Å². The van der Waals surface area contributed by atoms with Crippen LogP contribution in [0.4, 0.5) is 19.0 Å². The summed E-state index contributed by atoms with van der Waals surface area (Å²) in [6, 6.07) is 4.25. The highest BCUT2D eigenvalue weighted by Crippen LogP contribution is 2.44. The van der Waals surface area contributed by atoms with E-state index in [1.807, 2.05) is 0 Å². The number of esters is 1. The summed E-state index contributed by atoms with van der Waals surface area (Å²) in [5.74, 6) is -0.140. The van der Waals surface area contributed by atoms with Crippen molar-refractivity contribution >= 4 is 11.8 Å². The number of halogens is 3. The molecule has 3 rings (SSSR count). The minimum Gasteiger partial charge on any atom is -0.497 e. The van der Waals surface area contributed by atoms with Crippen LogP contribution in [0.25, 0.3) is 0 Å². The van der Waals surface area contributed by atoms with Gasteiger partial charge in [-0.15, -0.1) is 0 Å². The van der Waals surface area contributed by atoms with Crippen LogP contribution in [0.3, 0.4) is 0 Å². The Kier molecular flexibility index (Phi) is 4.32. The lowest BCUT2D eigenvalue weighted by atomic mass is 9.96. The Morgan fingerprint density at radius 3 is 2.52 bits per heavy atom. The molecule has 2 heterocycles. The molecule has 0 aliphatic carbocycles. The lowest BCUT2D eigenvalue weighted by Crippen LogP contribution is -2.36. The van der Waals surface area contributed by atoms with Crippen LogP contribution in [0.1, 0.15) is 34.4 Å². The second-order valence-corrected chi connectivity index (χ2v) is 5.61. The van der Waals surface area contributed by atoms with Crippen molar-refractivity contribution in [2.45, 2.75) is 24.7 Å². The third-order valence-corrected chi connectivity index (χ3v) is 4.16. The van der Waals surface area contributed by atoms with E-state index in [0.29, 0.717) is 11.3 Å². The largest absolute Gasteiger partial charge is 0.497 e. The SMILES string of the molecule is COC(=O)c1cnn2c1N[C@H](c1ccc(OC)cc1)C[C@H]2C(F)(F)F. The smallest absolute Gasteiger partial charge is 0.410 e. The molecule has 1 aliphatic rings. The lowest BCUT2D eigenvalue weighted by Gasteiger charge is -2.34. The van der Waals surface area contributed by atoms with E-state index >= 15 is 0 Å². The number of nitrogens with one attached hydrogen (secondary N) is 1. The number of ether oxygens (including phenoxy) is 2. The number of nitrogens with zero attached hydrogens (tertiary/aromatic N) is 2. The van der Waals surface area contributed by atoms with Crippen LogP contribution < -0.4 is 10.1 Å². The molecule has 134 valence electrons. The molecule has 0 amide bonds. The zero-order chi connectivity index (χ0) is 18.2. The Balaban J connectivity index is 2.01.